The van der Waals surface area contributed by atoms with E-state index in [-0.39, 0.29) is 17.6 Å². The van der Waals surface area contributed by atoms with Gasteiger partial charge in [-0.05, 0) is 51.7 Å². The van der Waals surface area contributed by atoms with Gasteiger partial charge in [0.1, 0.15) is 0 Å². The molecule has 0 heterocycles. The van der Waals surface area contributed by atoms with E-state index in [2.05, 4.69) is 15.9 Å². The molecule has 0 aliphatic heterocycles. The van der Waals surface area contributed by atoms with Crippen LogP contribution in [0.25, 0.3) is 0 Å². The van der Waals surface area contributed by atoms with Gasteiger partial charge >= 0.3 is 10.1 Å². The van der Waals surface area contributed by atoms with E-state index < -0.39 is 10.1 Å². The maximum Gasteiger partial charge on any atom is 0.306 e. The minimum Gasteiger partial charge on any atom is -0.493 e. The van der Waals surface area contributed by atoms with E-state index in [4.69, 9.17) is 8.92 Å². The molecule has 0 saturated heterocycles. The zero-order chi connectivity index (χ0) is 20.9. The Morgan fingerprint density at radius 2 is 1.82 bits per heavy atom. The lowest BCUT2D eigenvalue weighted by Crippen LogP contribution is -2.34. The molecule has 2 rings (SSSR count). The second-order valence-corrected chi connectivity index (χ2v) is 9.26. The molecule has 2 aromatic carbocycles. The monoisotopic (exact) mass is 469 g/mol. The first-order chi connectivity index (χ1) is 13.1. The van der Waals surface area contributed by atoms with Gasteiger partial charge in [-0.3, -0.25) is 4.79 Å². The van der Waals surface area contributed by atoms with Gasteiger partial charge in [-0.25, -0.2) is 0 Å². The maximum absolute atomic E-state index is 13.1. The van der Waals surface area contributed by atoms with Gasteiger partial charge in [-0.2, -0.15) is 8.42 Å². The largest absolute Gasteiger partial charge is 0.493 e. The van der Waals surface area contributed by atoms with Crippen molar-refractivity contribution in [2.75, 3.05) is 19.9 Å². The SMILES string of the molecule is COc1ccc(CN(CC(C)C)C(=O)c2ccccc2Br)cc1OS(C)(=O)=O. The van der Waals surface area contributed by atoms with Gasteiger partial charge in [0, 0.05) is 17.6 Å². The van der Waals surface area contributed by atoms with Gasteiger partial charge in [-0.15, -0.1) is 0 Å². The number of carbonyl (C=O) groups is 1. The van der Waals surface area contributed by atoms with Crippen LogP contribution in [0.1, 0.15) is 29.8 Å². The second kappa shape index (κ2) is 9.43. The van der Waals surface area contributed by atoms with Crippen LogP contribution in [-0.2, 0) is 16.7 Å². The Hall–Kier alpha value is -2.06. The Morgan fingerprint density at radius 3 is 2.39 bits per heavy atom. The first-order valence-electron chi connectivity index (χ1n) is 8.71. The Balaban J connectivity index is 2.35. The van der Waals surface area contributed by atoms with Crippen molar-refractivity contribution in [1.82, 2.24) is 4.90 Å². The number of amides is 1. The van der Waals surface area contributed by atoms with E-state index in [0.29, 0.717) is 24.4 Å². The summed E-state index contributed by atoms with van der Waals surface area (Å²) in [5, 5.41) is 0. The normalized spacial score (nSPS) is 11.4. The minimum atomic E-state index is -3.71. The molecule has 0 aromatic heterocycles. The number of hydrogen-bond acceptors (Lipinski definition) is 5. The predicted molar refractivity (Wildman–Crippen MR) is 112 cm³/mol. The third kappa shape index (κ3) is 6.24. The van der Waals surface area contributed by atoms with Crippen LogP contribution in [0.5, 0.6) is 11.5 Å². The first kappa shape index (κ1) is 22.2. The fraction of sp³-hybridized carbons (Fsp3) is 0.350. The summed E-state index contributed by atoms with van der Waals surface area (Å²) in [4.78, 5) is 14.8. The molecule has 0 N–H and O–H groups in total. The molecule has 0 bridgehead atoms. The summed E-state index contributed by atoms with van der Waals surface area (Å²) in [5.41, 5.74) is 1.31. The highest BCUT2D eigenvalue weighted by molar-refractivity contribution is 9.10. The first-order valence-corrected chi connectivity index (χ1v) is 11.3. The highest BCUT2D eigenvalue weighted by Gasteiger charge is 2.20. The number of benzene rings is 2. The van der Waals surface area contributed by atoms with Gasteiger partial charge in [0.15, 0.2) is 11.5 Å². The average Bonchev–Trinajstić information content (AvgIpc) is 2.59. The summed E-state index contributed by atoms with van der Waals surface area (Å²) in [6.45, 7) is 4.93. The van der Waals surface area contributed by atoms with Crippen LogP contribution in [0.2, 0.25) is 0 Å². The van der Waals surface area contributed by atoms with Crippen LogP contribution in [0.15, 0.2) is 46.9 Å². The Bertz CT molecular complexity index is 943. The van der Waals surface area contributed by atoms with Gasteiger partial charge in [0.2, 0.25) is 0 Å². The molecule has 2 aromatic rings. The Kier molecular flexibility index (Phi) is 7.48. The molecule has 0 atom stereocenters. The van der Waals surface area contributed by atoms with E-state index in [0.717, 1.165) is 16.3 Å². The van der Waals surface area contributed by atoms with E-state index in [1.165, 1.54) is 7.11 Å². The Morgan fingerprint density at radius 1 is 1.14 bits per heavy atom. The van der Waals surface area contributed by atoms with E-state index >= 15 is 0 Å². The molecule has 8 heteroatoms. The molecule has 0 unspecified atom stereocenters. The van der Waals surface area contributed by atoms with Crippen LogP contribution in [-0.4, -0.2) is 39.1 Å². The van der Waals surface area contributed by atoms with Crippen molar-refractivity contribution in [2.45, 2.75) is 20.4 Å². The molecule has 0 fully saturated rings. The quantitative estimate of drug-likeness (QED) is 0.544. The number of hydrogen-bond donors (Lipinski definition) is 0. The van der Waals surface area contributed by atoms with Gasteiger partial charge in [0.05, 0.1) is 18.9 Å². The summed E-state index contributed by atoms with van der Waals surface area (Å²) < 4.78 is 34.0. The lowest BCUT2D eigenvalue weighted by molar-refractivity contribution is 0.0721. The van der Waals surface area contributed by atoms with Crippen molar-refractivity contribution in [3.8, 4) is 11.5 Å². The highest BCUT2D eigenvalue weighted by Crippen LogP contribution is 2.30. The van der Waals surface area contributed by atoms with Crippen LogP contribution < -0.4 is 8.92 Å². The van der Waals surface area contributed by atoms with E-state index in [1.807, 2.05) is 32.0 Å². The topological polar surface area (TPSA) is 72.9 Å². The van der Waals surface area contributed by atoms with Crippen molar-refractivity contribution in [1.29, 1.82) is 0 Å². The van der Waals surface area contributed by atoms with Gasteiger partial charge in [0.25, 0.3) is 5.91 Å². The van der Waals surface area contributed by atoms with Gasteiger partial charge in [-0.1, -0.05) is 32.0 Å². The second-order valence-electron chi connectivity index (χ2n) is 6.83. The number of methoxy groups -OCH3 is 1. The third-order valence-electron chi connectivity index (χ3n) is 3.82. The molecule has 0 spiro atoms. The predicted octanol–water partition coefficient (Wildman–Crippen LogP) is 4.09. The summed E-state index contributed by atoms with van der Waals surface area (Å²) in [5.74, 6) is 0.557. The van der Waals surface area contributed by atoms with E-state index in [1.54, 1.807) is 29.2 Å². The van der Waals surface area contributed by atoms with Crippen LogP contribution in [0, 0.1) is 5.92 Å². The van der Waals surface area contributed by atoms with E-state index in [9.17, 15) is 13.2 Å². The number of rotatable bonds is 8. The zero-order valence-electron chi connectivity index (χ0n) is 16.3. The molecule has 0 radical (unpaired) electrons. The summed E-state index contributed by atoms with van der Waals surface area (Å²) in [7, 11) is -2.27. The van der Waals surface area contributed by atoms with Crippen LogP contribution >= 0.6 is 15.9 Å². The summed E-state index contributed by atoms with van der Waals surface area (Å²) in [6, 6.07) is 12.3. The fourth-order valence-corrected chi connectivity index (χ4v) is 3.64. The van der Waals surface area contributed by atoms with Crippen LogP contribution in [0.4, 0.5) is 0 Å². The van der Waals surface area contributed by atoms with Gasteiger partial charge < -0.3 is 13.8 Å². The van der Waals surface area contributed by atoms with Crippen molar-refractivity contribution in [2.24, 2.45) is 5.92 Å². The zero-order valence-corrected chi connectivity index (χ0v) is 18.7. The molecule has 1 amide bonds. The minimum absolute atomic E-state index is 0.0975. The van der Waals surface area contributed by atoms with Crippen molar-refractivity contribution in [3.63, 3.8) is 0 Å². The maximum atomic E-state index is 13.1. The third-order valence-corrected chi connectivity index (χ3v) is 4.99. The standard InChI is InChI=1S/C20H24BrNO5S/c1-14(2)12-22(20(23)16-7-5-6-8-17(16)21)13-15-9-10-18(26-3)19(11-15)27-28(4,24)25/h5-11,14H,12-13H2,1-4H3. The number of carbonyl (C=O) groups excluding carboxylic acids is 1. The Labute approximate surface area is 174 Å². The molecular formula is C20H24BrNO5S. The summed E-state index contributed by atoms with van der Waals surface area (Å²) >= 11 is 3.43. The molecule has 28 heavy (non-hydrogen) atoms. The van der Waals surface area contributed by atoms with Crippen LogP contribution in [0.3, 0.4) is 0 Å². The lowest BCUT2D eigenvalue weighted by Gasteiger charge is -2.25. The molecule has 0 aliphatic rings. The van der Waals surface area contributed by atoms with Crippen molar-refractivity contribution in [3.05, 3.63) is 58.1 Å². The van der Waals surface area contributed by atoms with Crippen molar-refractivity contribution < 1.29 is 22.1 Å². The molecule has 0 saturated carbocycles. The molecule has 0 aliphatic carbocycles. The fourth-order valence-electron chi connectivity index (χ4n) is 2.73. The number of halogens is 1. The number of nitrogens with zero attached hydrogens (tertiary/aromatic N) is 1. The number of ether oxygens (including phenoxy) is 1. The molecule has 6 nitrogen and oxygen atoms in total. The smallest absolute Gasteiger partial charge is 0.306 e. The molecular weight excluding hydrogens is 446 g/mol. The van der Waals surface area contributed by atoms with Crippen molar-refractivity contribution >= 4 is 32.0 Å². The lowest BCUT2D eigenvalue weighted by atomic mass is 10.1. The molecule has 152 valence electrons. The highest BCUT2D eigenvalue weighted by atomic mass is 79.9. The average molecular weight is 470 g/mol. The summed E-state index contributed by atoms with van der Waals surface area (Å²) in [6.07, 6.45) is 0.973.